The minimum atomic E-state index is -0.272. The van der Waals surface area contributed by atoms with Crippen molar-refractivity contribution in [3.63, 3.8) is 0 Å². The summed E-state index contributed by atoms with van der Waals surface area (Å²) in [6.45, 7) is 1.94. The number of ether oxygens (including phenoxy) is 1. The van der Waals surface area contributed by atoms with Gasteiger partial charge in [-0.15, -0.1) is 0 Å². The maximum absolute atomic E-state index is 12.4. The van der Waals surface area contributed by atoms with E-state index in [9.17, 15) is 4.79 Å². The summed E-state index contributed by atoms with van der Waals surface area (Å²) < 4.78 is 7.43. The maximum Gasteiger partial charge on any atom is 0.319 e. The van der Waals surface area contributed by atoms with Gasteiger partial charge in [0, 0.05) is 23.9 Å². The number of anilines is 1. The summed E-state index contributed by atoms with van der Waals surface area (Å²) in [5, 5.41) is 10.1. The van der Waals surface area contributed by atoms with E-state index >= 15 is 0 Å². The van der Waals surface area contributed by atoms with Crippen LogP contribution in [0.15, 0.2) is 54.9 Å². The Morgan fingerprint density at radius 1 is 1.15 bits per heavy atom. The lowest BCUT2D eigenvalue weighted by molar-refractivity contribution is 0.204. The Hall–Kier alpha value is -3.35. The first kappa shape index (κ1) is 16.1. The van der Waals surface area contributed by atoms with E-state index in [1.165, 1.54) is 0 Å². The van der Waals surface area contributed by atoms with Crippen molar-refractivity contribution >= 4 is 11.7 Å². The Kier molecular flexibility index (Phi) is 4.04. The SMILES string of the molecule is C[C@H]1Oc2ccccc2[C@@H]1NC(=O)Nc1ccc(-c2ncn(C)n2)cc1. The number of carbonyl (C=O) groups is 1. The molecule has 0 radical (unpaired) electrons. The van der Waals surface area contributed by atoms with Gasteiger partial charge in [-0.25, -0.2) is 9.78 Å². The van der Waals surface area contributed by atoms with Crippen LogP contribution in [-0.4, -0.2) is 26.9 Å². The highest BCUT2D eigenvalue weighted by molar-refractivity contribution is 5.90. The summed E-state index contributed by atoms with van der Waals surface area (Å²) in [6.07, 6.45) is 1.54. The smallest absolute Gasteiger partial charge is 0.319 e. The van der Waals surface area contributed by atoms with Gasteiger partial charge < -0.3 is 15.4 Å². The van der Waals surface area contributed by atoms with Crippen LogP contribution in [0, 0.1) is 0 Å². The number of nitrogens with zero attached hydrogens (tertiary/aromatic N) is 3. The Bertz CT molecular complexity index is 935. The first-order valence-corrected chi connectivity index (χ1v) is 8.39. The summed E-state index contributed by atoms with van der Waals surface area (Å²) in [4.78, 5) is 16.6. The molecule has 0 aliphatic carbocycles. The lowest BCUT2D eigenvalue weighted by Crippen LogP contribution is -2.36. The number of aryl methyl sites for hydroxylation is 1. The molecule has 2 heterocycles. The lowest BCUT2D eigenvalue weighted by atomic mass is 10.1. The van der Waals surface area contributed by atoms with Crippen LogP contribution in [0.3, 0.4) is 0 Å². The van der Waals surface area contributed by atoms with E-state index in [2.05, 4.69) is 20.7 Å². The molecule has 0 saturated carbocycles. The van der Waals surface area contributed by atoms with Crippen molar-refractivity contribution < 1.29 is 9.53 Å². The predicted octanol–water partition coefficient (Wildman–Crippen LogP) is 3.13. The van der Waals surface area contributed by atoms with Gasteiger partial charge in [0.25, 0.3) is 0 Å². The number of hydrogen-bond donors (Lipinski definition) is 2. The van der Waals surface area contributed by atoms with Crippen LogP contribution in [0.25, 0.3) is 11.4 Å². The molecule has 0 fully saturated rings. The molecule has 132 valence electrons. The summed E-state index contributed by atoms with van der Waals surface area (Å²) >= 11 is 0. The van der Waals surface area contributed by atoms with Crippen molar-refractivity contribution in [1.29, 1.82) is 0 Å². The quantitative estimate of drug-likeness (QED) is 0.761. The normalized spacial score (nSPS) is 18.1. The van der Waals surface area contributed by atoms with Gasteiger partial charge in [-0.1, -0.05) is 18.2 Å². The van der Waals surface area contributed by atoms with Crippen LogP contribution in [-0.2, 0) is 7.05 Å². The third kappa shape index (κ3) is 3.11. The number of benzene rings is 2. The number of hydrogen-bond acceptors (Lipinski definition) is 4. The standard InChI is InChI=1S/C19H19N5O2/c1-12-17(15-5-3-4-6-16(15)26-12)22-19(25)21-14-9-7-13(8-10-14)18-20-11-24(2)23-18/h3-12,17H,1-2H3,(H2,21,22,25)/t12-,17-/m1/s1. The zero-order chi connectivity index (χ0) is 18.1. The Morgan fingerprint density at radius 2 is 1.92 bits per heavy atom. The molecule has 26 heavy (non-hydrogen) atoms. The molecule has 0 spiro atoms. The fourth-order valence-corrected chi connectivity index (χ4v) is 3.04. The molecule has 0 saturated heterocycles. The third-order valence-electron chi connectivity index (χ3n) is 4.32. The Labute approximate surface area is 151 Å². The topological polar surface area (TPSA) is 81.1 Å². The van der Waals surface area contributed by atoms with E-state index in [0.29, 0.717) is 11.5 Å². The number of fused-ring (bicyclic) bond motifs is 1. The minimum Gasteiger partial charge on any atom is -0.488 e. The molecule has 7 nitrogen and oxygen atoms in total. The van der Waals surface area contributed by atoms with Crippen LogP contribution in [0.4, 0.5) is 10.5 Å². The van der Waals surface area contributed by atoms with E-state index in [1.54, 1.807) is 11.0 Å². The fraction of sp³-hybridized carbons (Fsp3) is 0.211. The summed E-state index contributed by atoms with van der Waals surface area (Å²) in [6, 6.07) is 14.7. The largest absolute Gasteiger partial charge is 0.488 e. The van der Waals surface area contributed by atoms with Gasteiger partial charge in [0.15, 0.2) is 5.82 Å². The molecule has 2 atom stereocenters. The average molecular weight is 349 g/mol. The second kappa shape index (κ2) is 6.51. The van der Waals surface area contributed by atoms with Crippen molar-refractivity contribution in [3.05, 3.63) is 60.4 Å². The highest BCUT2D eigenvalue weighted by Gasteiger charge is 2.31. The lowest BCUT2D eigenvalue weighted by Gasteiger charge is -2.17. The van der Waals surface area contributed by atoms with Gasteiger partial charge in [-0.3, -0.25) is 4.68 Å². The average Bonchev–Trinajstić information content (AvgIpc) is 3.19. The van der Waals surface area contributed by atoms with Crippen molar-refractivity contribution in [2.45, 2.75) is 19.1 Å². The number of carbonyl (C=O) groups excluding carboxylic acids is 1. The number of nitrogens with one attached hydrogen (secondary N) is 2. The number of aromatic nitrogens is 3. The first-order chi connectivity index (χ1) is 12.6. The number of para-hydroxylation sites is 1. The van der Waals surface area contributed by atoms with Gasteiger partial charge in [0.2, 0.25) is 0 Å². The molecule has 2 N–H and O–H groups in total. The second-order valence-electron chi connectivity index (χ2n) is 6.26. The van der Waals surface area contributed by atoms with Gasteiger partial charge in [0.05, 0.1) is 6.04 Å². The monoisotopic (exact) mass is 349 g/mol. The van der Waals surface area contributed by atoms with Crippen LogP contribution >= 0.6 is 0 Å². The summed E-state index contributed by atoms with van der Waals surface area (Å²) in [7, 11) is 1.82. The molecule has 2 aromatic carbocycles. The van der Waals surface area contributed by atoms with Crippen molar-refractivity contribution in [2.24, 2.45) is 7.05 Å². The Balaban J connectivity index is 1.42. The Morgan fingerprint density at radius 3 is 2.65 bits per heavy atom. The molecular weight excluding hydrogens is 330 g/mol. The molecule has 4 rings (SSSR count). The van der Waals surface area contributed by atoms with E-state index in [4.69, 9.17) is 4.74 Å². The molecule has 7 heteroatoms. The summed E-state index contributed by atoms with van der Waals surface area (Å²) in [5.41, 5.74) is 2.58. The van der Waals surface area contributed by atoms with Gasteiger partial charge in [-0.2, -0.15) is 5.10 Å². The van der Waals surface area contributed by atoms with E-state index in [0.717, 1.165) is 16.9 Å². The van der Waals surface area contributed by atoms with Gasteiger partial charge >= 0.3 is 6.03 Å². The third-order valence-corrected chi connectivity index (χ3v) is 4.32. The molecule has 0 unspecified atom stereocenters. The zero-order valence-corrected chi connectivity index (χ0v) is 14.5. The first-order valence-electron chi connectivity index (χ1n) is 8.39. The van der Waals surface area contributed by atoms with Crippen LogP contribution < -0.4 is 15.4 Å². The predicted molar refractivity (Wildman–Crippen MR) is 97.9 cm³/mol. The van der Waals surface area contributed by atoms with Crippen molar-refractivity contribution in [1.82, 2.24) is 20.1 Å². The number of urea groups is 1. The van der Waals surface area contributed by atoms with Crippen LogP contribution in [0.5, 0.6) is 5.75 Å². The van der Waals surface area contributed by atoms with Crippen molar-refractivity contribution in [3.8, 4) is 17.1 Å². The number of amides is 2. The van der Waals surface area contributed by atoms with Gasteiger partial charge in [-0.05, 0) is 37.3 Å². The fourth-order valence-electron chi connectivity index (χ4n) is 3.04. The van der Waals surface area contributed by atoms with E-state index < -0.39 is 0 Å². The van der Waals surface area contributed by atoms with Crippen LogP contribution in [0.1, 0.15) is 18.5 Å². The summed E-state index contributed by atoms with van der Waals surface area (Å²) in [5.74, 6) is 1.47. The molecule has 0 bridgehead atoms. The highest BCUT2D eigenvalue weighted by Crippen LogP contribution is 2.36. The molecule has 3 aromatic rings. The molecule has 1 aliphatic rings. The zero-order valence-electron chi connectivity index (χ0n) is 14.5. The van der Waals surface area contributed by atoms with Crippen LogP contribution in [0.2, 0.25) is 0 Å². The number of rotatable bonds is 3. The molecule has 1 aromatic heterocycles. The molecular formula is C19H19N5O2. The van der Waals surface area contributed by atoms with E-state index in [1.807, 2.05) is 62.5 Å². The second-order valence-corrected chi connectivity index (χ2v) is 6.26. The minimum absolute atomic E-state index is 0.115. The maximum atomic E-state index is 12.4. The highest BCUT2D eigenvalue weighted by atomic mass is 16.5. The molecule has 2 amide bonds. The van der Waals surface area contributed by atoms with Crippen molar-refractivity contribution in [2.75, 3.05) is 5.32 Å². The van der Waals surface area contributed by atoms with Gasteiger partial charge in [0.1, 0.15) is 18.2 Å². The molecule has 1 aliphatic heterocycles. The van der Waals surface area contributed by atoms with E-state index in [-0.39, 0.29) is 18.2 Å².